The summed E-state index contributed by atoms with van der Waals surface area (Å²) in [4.78, 5) is 24.8. The number of nitrogens with two attached hydrogens (primary N) is 1. The molecule has 0 spiro atoms. The second kappa shape index (κ2) is 8.15. The van der Waals surface area contributed by atoms with E-state index in [9.17, 15) is 9.59 Å². The Balaban J connectivity index is 1.60. The summed E-state index contributed by atoms with van der Waals surface area (Å²) >= 11 is 2.96. The normalized spacial score (nSPS) is 10.7. The molecule has 3 N–H and O–H groups in total. The van der Waals surface area contributed by atoms with E-state index in [1.165, 1.54) is 16.6 Å². The van der Waals surface area contributed by atoms with Gasteiger partial charge in [-0.3, -0.25) is 9.59 Å². The van der Waals surface area contributed by atoms with E-state index in [2.05, 4.69) is 21.6 Å². The van der Waals surface area contributed by atoms with Crippen LogP contribution in [-0.2, 0) is 18.3 Å². The molecular formula is C17H17N5O2S2. The van der Waals surface area contributed by atoms with Gasteiger partial charge in [-0.1, -0.05) is 30.0 Å². The highest BCUT2D eigenvalue weighted by atomic mass is 32.2. The number of anilines is 1. The summed E-state index contributed by atoms with van der Waals surface area (Å²) < 4.78 is 1.88. The minimum atomic E-state index is -0.583. The number of nitrogens with one attached hydrogen (secondary N) is 1. The number of aromatic nitrogens is 3. The van der Waals surface area contributed by atoms with Gasteiger partial charge in [0.25, 0.3) is 5.91 Å². The highest BCUT2D eigenvalue weighted by Crippen LogP contribution is 2.20. The van der Waals surface area contributed by atoms with Crippen molar-refractivity contribution in [3.63, 3.8) is 0 Å². The van der Waals surface area contributed by atoms with Crippen molar-refractivity contribution in [1.82, 2.24) is 14.8 Å². The van der Waals surface area contributed by atoms with Crippen molar-refractivity contribution in [3.05, 3.63) is 58.0 Å². The van der Waals surface area contributed by atoms with Crippen molar-refractivity contribution in [2.24, 2.45) is 12.8 Å². The number of carbonyl (C=O) groups excluding carboxylic acids is 2. The zero-order valence-corrected chi connectivity index (χ0v) is 15.6. The van der Waals surface area contributed by atoms with Gasteiger partial charge in [0.2, 0.25) is 5.91 Å². The standard InChI is InChI=1S/C17H17N5O2S2/c1-22-14(9-11-5-4-8-25-11)20-21-17(22)26-10-15(23)19-13-7-3-2-6-12(13)16(18)24/h2-8H,9-10H2,1H3,(H2,18,24)(H,19,23). The lowest BCUT2D eigenvalue weighted by molar-refractivity contribution is -0.113. The molecule has 26 heavy (non-hydrogen) atoms. The molecule has 2 amide bonds. The first kappa shape index (κ1) is 18.2. The first-order valence-corrected chi connectivity index (χ1v) is 9.63. The van der Waals surface area contributed by atoms with E-state index in [4.69, 9.17) is 5.73 Å². The Labute approximate surface area is 158 Å². The molecule has 0 unspecified atom stereocenters. The maximum absolute atomic E-state index is 12.2. The molecule has 0 saturated carbocycles. The number of rotatable bonds is 7. The zero-order valence-electron chi connectivity index (χ0n) is 14.0. The van der Waals surface area contributed by atoms with Crippen molar-refractivity contribution in [2.75, 3.05) is 11.1 Å². The van der Waals surface area contributed by atoms with Gasteiger partial charge in [-0.05, 0) is 23.6 Å². The van der Waals surface area contributed by atoms with E-state index in [1.807, 2.05) is 23.1 Å². The SMILES string of the molecule is Cn1c(Cc2cccs2)nnc1SCC(=O)Nc1ccccc1C(N)=O. The van der Waals surface area contributed by atoms with Crippen LogP contribution >= 0.6 is 23.1 Å². The van der Waals surface area contributed by atoms with E-state index in [1.54, 1.807) is 35.6 Å². The molecule has 0 radical (unpaired) electrons. The van der Waals surface area contributed by atoms with Crippen molar-refractivity contribution in [3.8, 4) is 0 Å². The second-order valence-electron chi connectivity index (χ2n) is 5.46. The quantitative estimate of drug-likeness (QED) is 0.606. The summed E-state index contributed by atoms with van der Waals surface area (Å²) in [5.41, 5.74) is 6.00. The monoisotopic (exact) mass is 387 g/mol. The van der Waals surface area contributed by atoms with Gasteiger partial charge in [0, 0.05) is 18.3 Å². The Hall–Kier alpha value is -2.65. The van der Waals surface area contributed by atoms with Gasteiger partial charge in [0.1, 0.15) is 5.82 Å². The Morgan fingerprint density at radius 2 is 2.04 bits per heavy atom. The molecule has 0 aliphatic rings. The molecule has 0 saturated heterocycles. The van der Waals surface area contributed by atoms with Crippen LogP contribution in [0.15, 0.2) is 46.9 Å². The van der Waals surface area contributed by atoms with E-state index in [-0.39, 0.29) is 17.2 Å². The fraction of sp³-hybridized carbons (Fsp3) is 0.176. The van der Waals surface area contributed by atoms with Gasteiger partial charge in [-0.25, -0.2) is 0 Å². The minimum absolute atomic E-state index is 0.151. The maximum Gasteiger partial charge on any atom is 0.250 e. The average molecular weight is 387 g/mol. The molecule has 2 heterocycles. The lowest BCUT2D eigenvalue weighted by Crippen LogP contribution is -2.19. The molecular weight excluding hydrogens is 370 g/mol. The minimum Gasteiger partial charge on any atom is -0.366 e. The predicted molar refractivity (Wildman–Crippen MR) is 102 cm³/mol. The Morgan fingerprint density at radius 1 is 1.23 bits per heavy atom. The van der Waals surface area contributed by atoms with Crippen LogP contribution in [0.3, 0.4) is 0 Å². The number of thioether (sulfide) groups is 1. The van der Waals surface area contributed by atoms with Gasteiger partial charge >= 0.3 is 0 Å². The summed E-state index contributed by atoms with van der Waals surface area (Å²) in [5.74, 6) is 0.166. The average Bonchev–Trinajstić information content (AvgIpc) is 3.25. The molecule has 1 aromatic carbocycles. The first-order chi connectivity index (χ1) is 12.5. The largest absolute Gasteiger partial charge is 0.366 e. The molecule has 0 atom stereocenters. The Morgan fingerprint density at radius 3 is 2.77 bits per heavy atom. The third kappa shape index (κ3) is 4.30. The van der Waals surface area contributed by atoms with Crippen molar-refractivity contribution in [2.45, 2.75) is 11.6 Å². The summed E-state index contributed by atoms with van der Waals surface area (Å²) in [6.45, 7) is 0. The molecule has 3 aromatic rings. The van der Waals surface area contributed by atoms with Crippen LogP contribution in [0, 0.1) is 0 Å². The number of para-hydroxylation sites is 1. The third-order valence-electron chi connectivity index (χ3n) is 3.64. The molecule has 0 fully saturated rings. The number of amides is 2. The summed E-state index contributed by atoms with van der Waals surface area (Å²) in [7, 11) is 1.88. The van der Waals surface area contributed by atoms with Gasteiger partial charge in [0.15, 0.2) is 5.16 Å². The van der Waals surface area contributed by atoms with Crippen molar-refractivity contribution < 1.29 is 9.59 Å². The number of thiophene rings is 1. The summed E-state index contributed by atoms with van der Waals surface area (Å²) in [6.07, 6.45) is 0.708. The van der Waals surface area contributed by atoms with E-state index in [0.29, 0.717) is 17.3 Å². The van der Waals surface area contributed by atoms with Gasteiger partial charge < -0.3 is 15.6 Å². The predicted octanol–water partition coefficient (Wildman–Crippen LogP) is 2.30. The number of primary amides is 1. The lowest BCUT2D eigenvalue weighted by Gasteiger charge is -2.08. The molecule has 7 nitrogen and oxygen atoms in total. The number of nitrogens with zero attached hydrogens (tertiary/aromatic N) is 3. The van der Waals surface area contributed by atoms with Crippen LogP contribution in [0.5, 0.6) is 0 Å². The highest BCUT2D eigenvalue weighted by molar-refractivity contribution is 7.99. The van der Waals surface area contributed by atoms with E-state index >= 15 is 0 Å². The van der Waals surface area contributed by atoms with Crippen molar-refractivity contribution >= 4 is 40.6 Å². The molecule has 2 aromatic heterocycles. The van der Waals surface area contributed by atoms with Crippen LogP contribution in [0.4, 0.5) is 5.69 Å². The molecule has 3 rings (SSSR count). The van der Waals surface area contributed by atoms with E-state index in [0.717, 1.165) is 5.82 Å². The van der Waals surface area contributed by atoms with Crippen LogP contribution in [0.1, 0.15) is 21.1 Å². The molecule has 134 valence electrons. The van der Waals surface area contributed by atoms with Crippen LogP contribution in [-0.4, -0.2) is 32.3 Å². The summed E-state index contributed by atoms with van der Waals surface area (Å²) in [5, 5.41) is 13.7. The molecule has 0 aliphatic carbocycles. The van der Waals surface area contributed by atoms with Gasteiger partial charge in [-0.15, -0.1) is 21.5 Å². The lowest BCUT2D eigenvalue weighted by atomic mass is 10.1. The van der Waals surface area contributed by atoms with E-state index < -0.39 is 5.91 Å². The van der Waals surface area contributed by atoms with Crippen molar-refractivity contribution in [1.29, 1.82) is 0 Å². The van der Waals surface area contributed by atoms with Gasteiger partial charge in [0.05, 0.1) is 17.0 Å². The smallest absolute Gasteiger partial charge is 0.250 e. The molecule has 9 heteroatoms. The number of carbonyl (C=O) groups is 2. The second-order valence-corrected chi connectivity index (χ2v) is 7.44. The van der Waals surface area contributed by atoms with Gasteiger partial charge in [-0.2, -0.15) is 0 Å². The van der Waals surface area contributed by atoms with Crippen LogP contribution < -0.4 is 11.1 Å². The fourth-order valence-corrected chi connectivity index (χ4v) is 3.75. The van der Waals surface area contributed by atoms with Crippen LogP contribution in [0.25, 0.3) is 0 Å². The number of benzene rings is 1. The molecule has 0 aliphatic heterocycles. The first-order valence-electron chi connectivity index (χ1n) is 7.76. The summed E-state index contributed by atoms with van der Waals surface area (Å²) in [6, 6.07) is 10.7. The fourth-order valence-electron chi connectivity index (χ4n) is 2.32. The number of hydrogen-bond acceptors (Lipinski definition) is 6. The Bertz CT molecular complexity index is 921. The Kier molecular flexibility index (Phi) is 5.69. The zero-order chi connectivity index (χ0) is 18.5. The highest BCUT2D eigenvalue weighted by Gasteiger charge is 2.14. The van der Waals surface area contributed by atoms with Crippen LogP contribution in [0.2, 0.25) is 0 Å². The molecule has 0 bridgehead atoms. The maximum atomic E-state index is 12.2. The number of hydrogen-bond donors (Lipinski definition) is 2. The topological polar surface area (TPSA) is 103 Å². The third-order valence-corrected chi connectivity index (χ3v) is 5.53.